The van der Waals surface area contributed by atoms with Crippen molar-refractivity contribution in [2.75, 3.05) is 50.4 Å². The van der Waals surface area contributed by atoms with Crippen LogP contribution in [0.1, 0.15) is 13.3 Å². The number of carbonyl (C=O) groups is 1. The van der Waals surface area contributed by atoms with Crippen molar-refractivity contribution in [1.82, 2.24) is 9.80 Å². The molecule has 1 amide bonds. The third-order valence-corrected chi connectivity index (χ3v) is 4.11. The lowest BCUT2D eigenvalue weighted by molar-refractivity contribution is -0.122. The molecule has 1 heterocycles. The third kappa shape index (κ3) is 4.43. The molecule has 0 bridgehead atoms. The van der Waals surface area contributed by atoms with Crippen molar-refractivity contribution in [2.45, 2.75) is 19.4 Å². The van der Waals surface area contributed by atoms with Crippen molar-refractivity contribution in [3.63, 3.8) is 0 Å². The van der Waals surface area contributed by atoms with Crippen LogP contribution >= 0.6 is 0 Å². The Hall–Kier alpha value is -1.63. The highest BCUT2D eigenvalue weighted by atomic mass is 16.3. The fourth-order valence-electron chi connectivity index (χ4n) is 2.89. The van der Waals surface area contributed by atoms with Crippen LogP contribution in [0.5, 0.6) is 0 Å². The average Bonchev–Trinajstić information content (AvgIpc) is 2.50. The van der Waals surface area contributed by atoms with Gasteiger partial charge in [-0.15, -0.1) is 0 Å². The van der Waals surface area contributed by atoms with Crippen LogP contribution in [0.2, 0.25) is 0 Å². The van der Waals surface area contributed by atoms with Crippen molar-refractivity contribution in [3.05, 3.63) is 24.3 Å². The molecule has 1 atom stereocenters. The van der Waals surface area contributed by atoms with Gasteiger partial charge in [0, 0.05) is 44.1 Å². The molecule has 4 N–H and O–H groups in total. The number of piperazine rings is 1. The van der Waals surface area contributed by atoms with Gasteiger partial charge in [0.15, 0.2) is 0 Å². The molecule has 1 fully saturated rings. The minimum absolute atomic E-state index is 0.0173. The van der Waals surface area contributed by atoms with Crippen LogP contribution in [-0.2, 0) is 4.79 Å². The van der Waals surface area contributed by atoms with Gasteiger partial charge in [0.2, 0.25) is 5.91 Å². The molecule has 6 heteroatoms. The number of hydrogen-bond donors (Lipinski definition) is 3. The number of nitrogens with two attached hydrogens (primary N) is 1. The van der Waals surface area contributed by atoms with Gasteiger partial charge in [-0.2, -0.15) is 0 Å². The van der Waals surface area contributed by atoms with Crippen LogP contribution in [0.3, 0.4) is 0 Å². The van der Waals surface area contributed by atoms with Gasteiger partial charge in [0.25, 0.3) is 0 Å². The van der Waals surface area contributed by atoms with Gasteiger partial charge in [-0.1, -0.05) is 13.0 Å². The number of rotatable bonds is 6. The number of nitrogens with zero attached hydrogens (tertiary/aromatic N) is 2. The van der Waals surface area contributed by atoms with Crippen molar-refractivity contribution < 1.29 is 9.90 Å². The molecule has 1 aliphatic rings. The summed E-state index contributed by atoms with van der Waals surface area (Å²) in [5.74, 6) is 0.0173. The lowest BCUT2D eigenvalue weighted by atomic mass is 10.1. The molecule has 1 saturated heterocycles. The Bertz CT molecular complexity index is 487. The lowest BCUT2D eigenvalue weighted by Gasteiger charge is -2.38. The molecule has 0 aliphatic carbocycles. The predicted molar refractivity (Wildman–Crippen MR) is 88.7 cm³/mol. The first-order valence-corrected chi connectivity index (χ1v) is 7.87. The average molecular weight is 306 g/mol. The van der Waals surface area contributed by atoms with E-state index < -0.39 is 0 Å². The highest BCUT2D eigenvalue weighted by Gasteiger charge is 2.27. The van der Waals surface area contributed by atoms with Crippen molar-refractivity contribution in [2.24, 2.45) is 0 Å². The molecule has 0 saturated carbocycles. The van der Waals surface area contributed by atoms with Crippen LogP contribution in [-0.4, -0.2) is 66.2 Å². The number of benzene rings is 1. The van der Waals surface area contributed by atoms with Crippen molar-refractivity contribution in [3.8, 4) is 0 Å². The SMILES string of the molecule is CCC(C(=O)Nc1cccc(N)c1)N1CCN(CCO)CC1. The Morgan fingerprint density at radius 3 is 2.68 bits per heavy atom. The van der Waals surface area contributed by atoms with Crippen LogP contribution in [0.25, 0.3) is 0 Å². The van der Waals surface area contributed by atoms with E-state index in [1.54, 1.807) is 12.1 Å². The summed E-state index contributed by atoms with van der Waals surface area (Å²) in [6.45, 7) is 6.41. The van der Waals surface area contributed by atoms with Crippen LogP contribution in [0, 0.1) is 0 Å². The quantitative estimate of drug-likeness (QED) is 0.670. The first-order valence-electron chi connectivity index (χ1n) is 7.87. The number of anilines is 2. The van der Waals surface area contributed by atoms with E-state index in [0.717, 1.165) is 38.3 Å². The monoisotopic (exact) mass is 306 g/mol. The van der Waals surface area contributed by atoms with Gasteiger partial charge in [-0.3, -0.25) is 14.6 Å². The normalized spacial score (nSPS) is 18.1. The van der Waals surface area contributed by atoms with E-state index >= 15 is 0 Å². The summed E-state index contributed by atoms with van der Waals surface area (Å²) in [4.78, 5) is 17.0. The standard InChI is InChI=1S/C16H26N4O2/c1-2-15(20-8-6-19(7-9-20)10-11-21)16(22)18-14-5-3-4-13(17)12-14/h3-5,12,15,21H,2,6-11,17H2,1H3,(H,18,22). The van der Waals surface area contributed by atoms with Crippen LogP contribution < -0.4 is 11.1 Å². The number of nitrogens with one attached hydrogen (secondary N) is 1. The lowest BCUT2D eigenvalue weighted by Crippen LogP contribution is -2.53. The van der Waals surface area contributed by atoms with Crippen LogP contribution in [0.4, 0.5) is 11.4 Å². The number of nitrogen functional groups attached to an aromatic ring is 1. The van der Waals surface area contributed by atoms with Gasteiger partial charge in [0.05, 0.1) is 12.6 Å². The van der Waals surface area contributed by atoms with Gasteiger partial charge in [-0.25, -0.2) is 0 Å². The van der Waals surface area contributed by atoms with E-state index in [-0.39, 0.29) is 18.6 Å². The van der Waals surface area contributed by atoms with Gasteiger partial charge < -0.3 is 16.2 Å². The van der Waals surface area contributed by atoms with E-state index in [1.807, 2.05) is 19.1 Å². The highest BCUT2D eigenvalue weighted by Crippen LogP contribution is 2.15. The summed E-state index contributed by atoms with van der Waals surface area (Å²) in [5.41, 5.74) is 7.12. The number of amides is 1. The molecule has 0 spiro atoms. The second kappa shape index (κ2) is 8.12. The Balaban J connectivity index is 1.92. The molecule has 1 aromatic carbocycles. The van der Waals surface area contributed by atoms with E-state index in [9.17, 15) is 4.79 Å². The van der Waals surface area contributed by atoms with E-state index in [1.165, 1.54) is 0 Å². The van der Waals surface area contributed by atoms with Crippen LogP contribution in [0.15, 0.2) is 24.3 Å². The summed E-state index contributed by atoms with van der Waals surface area (Å²) >= 11 is 0. The molecular formula is C16H26N4O2. The maximum absolute atomic E-state index is 12.5. The molecule has 2 rings (SSSR count). The van der Waals surface area contributed by atoms with Crippen molar-refractivity contribution >= 4 is 17.3 Å². The minimum Gasteiger partial charge on any atom is -0.399 e. The fraction of sp³-hybridized carbons (Fsp3) is 0.562. The Morgan fingerprint density at radius 1 is 1.36 bits per heavy atom. The summed E-state index contributed by atoms with van der Waals surface area (Å²) < 4.78 is 0. The molecule has 6 nitrogen and oxygen atoms in total. The zero-order valence-corrected chi connectivity index (χ0v) is 13.2. The number of aliphatic hydroxyl groups is 1. The number of carbonyl (C=O) groups excluding carboxylic acids is 1. The molecule has 122 valence electrons. The van der Waals surface area contributed by atoms with Gasteiger partial charge >= 0.3 is 0 Å². The first kappa shape index (κ1) is 16.7. The van der Waals surface area contributed by atoms with E-state index in [0.29, 0.717) is 12.2 Å². The Morgan fingerprint density at radius 2 is 2.09 bits per heavy atom. The van der Waals surface area contributed by atoms with E-state index in [2.05, 4.69) is 15.1 Å². The zero-order valence-electron chi connectivity index (χ0n) is 13.2. The smallest absolute Gasteiger partial charge is 0.241 e. The summed E-state index contributed by atoms with van der Waals surface area (Å²) in [6, 6.07) is 7.12. The Kier molecular flexibility index (Phi) is 6.18. The van der Waals surface area contributed by atoms with Gasteiger partial charge in [0.1, 0.15) is 0 Å². The number of hydrogen-bond acceptors (Lipinski definition) is 5. The fourth-order valence-corrected chi connectivity index (χ4v) is 2.89. The minimum atomic E-state index is -0.127. The maximum atomic E-state index is 12.5. The molecule has 0 radical (unpaired) electrons. The first-order chi connectivity index (χ1) is 10.6. The number of aliphatic hydroxyl groups excluding tert-OH is 1. The summed E-state index contributed by atoms with van der Waals surface area (Å²) in [7, 11) is 0. The van der Waals surface area contributed by atoms with Crippen molar-refractivity contribution in [1.29, 1.82) is 0 Å². The largest absolute Gasteiger partial charge is 0.399 e. The molecule has 1 aliphatic heterocycles. The zero-order chi connectivity index (χ0) is 15.9. The molecule has 0 aromatic heterocycles. The third-order valence-electron chi connectivity index (χ3n) is 4.11. The maximum Gasteiger partial charge on any atom is 0.241 e. The summed E-state index contributed by atoms with van der Waals surface area (Å²) in [5, 5.41) is 11.9. The molecule has 1 unspecified atom stereocenters. The molecule has 1 aromatic rings. The predicted octanol–water partition coefficient (Wildman–Crippen LogP) is 0.596. The van der Waals surface area contributed by atoms with E-state index in [4.69, 9.17) is 10.8 Å². The molecule has 22 heavy (non-hydrogen) atoms. The van der Waals surface area contributed by atoms with Gasteiger partial charge in [-0.05, 0) is 24.6 Å². The summed E-state index contributed by atoms with van der Waals surface area (Å²) in [6.07, 6.45) is 0.772. The molecular weight excluding hydrogens is 280 g/mol. The second-order valence-corrected chi connectivity index (χ2v) is 5.64. The number of β-amino-alcohol motifs (C(OH)–C–C–N with tert-alkyl or cyclic N) is 1. The second-order valence-electron chi connectivity index (χ2n) is 5.64. The topological polar surface area (TPSA) is 81.8 Å². The Labute approximate surface area is 131 Å². The highest BCUT2D eigenvalue weighted by molar-refractivity contribution is 5.95.